The van der Waals surface area contributed by atoms with Gasteiger partial charge in [-0.05, 0) is 24.1 Å². The summed E-state index contributed by atoms with van der Waals surface area (Å²) in [5.41, 5.74) is 3.00. The van der Waals surface area contributed by atoms with E-state index in [1.807, 2.05) is 30.3 Å². The molecule has 0 bridgehead atoms. The first-order valence-corrected chi connectivity index (χ1v) is 7.81. The van der Waals surface area contributed by atoms with Crippen molar-refractivity contribution in [3.8, 4) is 5.75 Å². The van der Waals surface area contributed by atoms with E-state index in [9.17, 15) is 5.11 Å². The summed E-state index contributed by atoms with van der Waals surface area (Å²) in [4.78, 5) is 7.17. The fourth-order valence-electron chi connectivity index (χ4n) is 2.38. The molecular formula is C17H15Cl2N3O. The van der Waals surface area contributed by atoms with Crippen molar-refractivity contribution in [1.29, 1.82) is 0 Å². The summed E-state index contributed by atoms with van der Waals surface area (Å²) in [6.45, 7) is 1.76. The maximum atomic E-state index is 10.3. The summed E-state index contributed by atoms with van der Waals surface area (Å²) < 4.78 is 0. The first-order valence-electron chi connectivity index (χ1n) is 7.05. The van der Waals surface area contributed by atoms with Crippen LogP contribution in [-0.4, -0.2) is 15.1 Å². The lowest BCUT2D eigenvalue weighted by atomic mass is 10.0. The second-order valence-corrected chi connectivity index (χ2v) is 5.97. The van der Waals surface area contributed by atoms with Gasteiger partial charge in [-0.3, -0.25) is 0 Å². The lowest BCUT2D eigenvalue weighted by Crippen LogP contribution is -2.13. The smallest absolute Gasteiger partial charge is 0.157 e. The van der Waals surface area contributed by atoms with Crippen molar-refractivity contribution in [2.24, 2.45) is 0 Å². The number of anilines is 1. The number of rotatable bonds is 4. The van der Waals surface area contributed by atoms with E-state index < -0.39 is 0 Å². The van der Waals surface area contributed by atoms with Crippen LogP contribution < -0.4 is 5.32 Å². The van der Waals surface area contributed by atoms with E-state index in [0.29, 0.717) is 16.3 Å². The summed E-state index contributed by atoms with van der Waals surface area (Å²) in [6, 6.07) is 11.3. The number of phenols is 1. The van der Waals surface area contributed by atoms with Crippen molar-refractivity contribution in [2.75, 3.05) is 5.32 Å². The van der Waals surface area contributed by atoms with E-state index in [-0.39, 0.29) is 16.8 Å². The Labute approximate surface area is 144 Å². The number of H-pyrrole nitrogens is 1. The van der Waals surface area contributed by atoms with Crippen molar-refractivity contribution in [2.45, 2.75) is 13.0 Å². The van der Waals surface area contributed by atoms with E-state index in [4.69, 9.17) is 23.2 Å². The van der Waals surface area contributed by atoms with Gasteiger partial charge in [0.2, 0.25) is 0 Å². The Kier molecular flexibility index (Phi) is 4.46. The summed E-state index contributed by atoms with van der Waals surface area (Å²) in [5.74, 6) is -0.0194. The zero-order chi connectivity index (χ0) is 16.4. The molecule has 0 fully saturated rings. The summed E-state index contributed by atoms with van der Waals surface area (Å²) >= 11 is 12.3. The van der Waals surface area contributed by atoms with Gasteiger partial charge >= 0.3 is 0 Å². The molecule has 3 N–H and O–H groups in total. The molecule has 3 aromatic rings. The minimum absolute atomic E-state index is 0.0194. The second kappa shape index (κ2) is 6.52. The number of hydrogen-bond acceptors (Lipinski definition) is 3. The number of aromatic amines is 1. The summed E-state index contributed by atoms with van der Waals surface area (Å²) in [6.07, 6.45) is 3.35. The molecule has 118 valence electrons. The third-order valence-electron chi connectivity index (χ3n) is 3.68. The number of imidazole rings is 1. The number of nitrogens with one attached hydrogen (secondary N) is 2. The molecule has 0 aliphatic heterocycles. The molecule has 1 unspecified atom stereocenters. The molecule has 0 radical (unpaired) electrons. The van der Waals surface area contributed by atoms with Gasteiger partial charge in [0.05, 0.1) is 35.0 Å². The van der Waals surface area contributed by atoms with E-state index >= 15 is 0 Å². The molecule has 2 aromatic carbocycles. The molecule has 1 heterocycles. The van der Waals surface area contributed by atoms with Gasteiger partial charge in [0, 0.05) is 5.02 Å². The maximum Gasteiger partial charge on any atom is 0.157 e. The van der Waals surface area contributed by atoms with Gasteiger partial charge in [-0.1, -0.05) is 53.5 Å². The highest BCUT2D eigenvalue weighted by Crippen LogP contribution is 2.40. The Morgan fingerprint density at radius 2 is 1.96 bits per heavy atom. The highest BCUT2D eigenvalue weighted by atomic mass is 35.5. The SMILES string of the molecule is Cc1c(Cl)cc(NC(c2ccccc2)c2cnc[nH]2)c(O)c1Cl. The average molecular weight is 348 g/mol. The average Bonchev–Trinajstić information content (AvgIpc) is 3.10. The van der Waals surface area contributed by atoms with Crippen LogP contribution in [0.2, 0.25) is 10.0 Å². The zero-order valence-electron chi connectivity index (χ0n) is 12.3. The monoisotopic (exact) mass is 347 g/mol. The van der Waals surface area contributed by atoms with Gasteiger partial charge in [0.1, 0.15) is 0 Å². The predicted octanol–water partition coefficient (Wildman–Crippen LogP) is 4.93. The van der Waals surface area contributed by atoms with Crippen LogP contribution in [0.3, 0.4) is 0 Å². The third kappa shape index (κ3) is 3.14. The van der Waals surface area contributed by atoms with Crippen molar-refractivity contribution in [3.63, 3.8) is 0 Å². The Hall–Kier alpha value is -2.17. The molecule has 0 amide bonds. The number of nitrogens with zero attached hydrogens (tertiary/aromatic N) is 1. The van der Waals surface area contributed by atoms with E-state index in [1.54, 1.807) is 25.5 Å². The van der Waals surface area contributed by atoms with Crippen molar-refractivity contribution >= 4 is 28.9 Å². The van der Waals surface area contributed by atoms with Crippen LogP contribution >= 0.6 is 23.2 Å². The molecule has 23 heavy (non-hydrogen) atoms. The number of aromatic hydroxyl groups is 1. The van der Waals surface area contributed by atoms with Gasteiger partial charge in [-0.15, -0.1) is 0 Å². The lowest BCUT2D eigenvalue weighted by Gasteiger charge is -2.21. The van der Waals surface area contributed by atoms with Crippen LogP contribution in [0.5, 0.6) is 5.75 Å². The predicted molar refractivity (Wildman–Crippen MR) is 93.4 cm³/mol. The Bertz CT molecular complexity index is 804. The molecule has 3 rings (SSSR count). The van der Waals surface area contributed by atoms with Gasteiger partial charge < -0.3 is 15.4 Å². The Balaban J connectivity index is 2.04. The number of hydrogen-bond donors (Lipinski definition) is 3. The minimum atomic E-state index is -0.223. The van der Waals surface area contributed by atoms with Crippen LogP contribution in [0.15, 0.2) is 48.9 Å². The summed E-state index contributed by atoms with van der Waals surface area (Å²) in [7, 11) is 0. The first kappa shape index (κ1) is 15.7. The van der Waals surface area contributed by atoms with E-state index in [0.717, 1.165) is 11.3 Å². The van der Waals surface area contributed by atoms with Crippen LogP contribution in [0, 0.1) is 6.92 Å². The van der Waals surface area contributed by atoms with Gasteiger partial charge in [0.25, 0.3) is 0 Å². The molecule has 6 heteroatoms. The van der Waals surface area contributed by atoms with Gasteiger partial charge in [0.15, 0.2) is 5.75 Å². The fourth-order valence-corrected chi connectivity index (χ4v) is 2.84. The zero-order valence-corrected chi connectivity index (χ0v) is 13.9. The minimum Gasteiger partial charge on any atom is -0.504 e. The summed E-state index contributed by atoms with van der Waals surface area (Å²) in [5, 5.41) is 14.3. The molecular weight excluding hydrogens is 333 g/mol. The lowest BCUT2D eigenvalue weighted by molar-refractivity contribution is 0.476. The Morgan fingerprint density at radius 3 is 2.61 bits per heavy atom. The molecule has 0 aliphatic carbocycles. The molecule has 0 saturated heterocycles. The highest BCUT2D eigenvalue weighted by molar-refractivity contribution is 6.37. The van der Waals surface area contributed by atoms with Gasteiger partial charge in [-0.2, -0.15) is 0 Å². The van der Waals surface area contributed by atoms with E-state index in [2.05, 4.69) is 15.3 Å². The fraction of sp³-hybridized carbons (Fsp3) is 0.118. The molecule has 0 spiro atoms. The molecule has 1 atom stereocenters. The second-order valence-electron chi connectivity index (χ2n) is 5.19. The standard InChI is InChI=1S/C17H15Cl2N3O/c1-10-12(18)7-13(17(23)15(10)19)22-16(14-8-20-9-21-14)11-5-3-2-4-6-11/h2-9,16,22-23H,1H3,(H,20,21). The number of aromatic nitrogens is 2. The maximum absolute atomic E-state index is 10.3. The molecule has 0 aliphatic rings. The van der Waals surface area contributed by atoms with Crippen LogP contribution in [0.4, 0.5) is 5.69 Å². The van der Waals surface area contributed by atoms with Crippen LogP contribution in [-0.2, 0) is 0 Å². The quantitative estimate of drug-likeness (QED) is 0.586. The van der Waals surface area contributed by atoms with Gasteiger partial charge in [-0.25, -0.2) is 4.98 Å². The molecule has 1 aromatic heterocycles. The molecule has 0 saturated carbocycles. The normalized spacial score (nSPS) is 12.1. The number of benzene rings is 2. The van der Waals surface area contributed by atoms with Crippen LogP contribution in [0.25, 0.3) is 0 Å². The number of halogens is 2. The van der Waals surface area contributed by atoms with E-state index in [1.165, 1.54) is 0 Å². The topological polar surface area (TPSA) is 60.9 Å². The van der Waals surface area contributed by atoms with Crippen molar-refractivity contribution < 1.29 is 5.11 Å². The van der Waals surface area contributed by atoms with Crippen LogP contribution in [0.1, 0.15) is 22.9 Å². The number of phenolic OH excluding ortho intramolecular Hbond substituents is 1. The molecule has 4 nitrogen and oxygen atoms in total. The van der Waals surface area contributed by atoms with Crippen molar-refractivity contribution in [3.05, 3.63) is 75.8 Å². The highest BCUT2D eigenvalue weighted by Gasteiger charge is 2.19. The first-order chi connectivity index (χ1) is 11.1. The largest absolute Gasteiger partial charge is 0.504 e. The Morgan fingerprint density at radius 1 is 1.22 bits per heavy atom. The van der Waals surface area contributed by atoms with Crippen molar-refractivity contribution in [1.82, 2.24) is 9.97 Å². The third-order valence-corrected chi connectivity index (χ3v) is 4.54.